The van der Waals surface area contributed by atoms with Crippen molar-refractivity contribution in [3.8, 4) is 11.5 Å². The molecule has 0 atom stereocenters. The molecule has 1 aromatic rings. The van der Waals surface area contributed by atoms with Gasteiger partial charge in [0.2, 0.25) is 0 Å². The van der Waals surface area contributed by atoms with Gasteiger partial charge in [-0.25, -0.2) is 4.99 Å². The normalized spacial score (nSPS) is 13.9. The van der Waals surface area contributed by atoms with Crippen LogP contribution in [0.25, 0.3) is 5.57 Å². The molecule has 0 aliphatic carbocycles. The Bertz CT molecular complexity index is 626. The van der Waals surface area contributed by atoms with Crippen molar-refractivity contribution in [2.45, 2.75) is 19.6 Å². The van der Waals surface area contributed by atoms with E-state index in [4.69, 9.17) is 0 Å². The molecule has 0 N–H and O–H groups in total. The fraction of sp³-hybridized carbons (Fsp3) is 0.231. The van der Waals surface area contributed by atoms with Crippen molar-refractivity contribution in [3.05, 3.63) is 34.8 Å². The minimum atomic E-state index is -1.45. The van der Waals surface area contributed by atoms with Gasteiger partial charge >= 0.3 is 0 Å². The van der Waals surface area contributed by atoms with Crippen molar-refractivity contribution in [1.29, 1.82) is 0 Å². The summed E-state index contributed by atoms with van der Waals surface area (Å²) in [4.78, 5) is 15.6. The molecule has 16 heavy (non-hydrogen) atoms. The molecule has 1 aliphatic heterocycles. The number of rotatable bonds is 0. The molecule has 2 nitrogen and oxygen atoms in total. The van der Waals surface area contributed by atoms with E-state index in [0.29, 0.717) is 5.57 Å². The molecular formula is C13H13NOSi. The monoisotopic (exact) mass is 227 g/mol. The van der Waals surface area contributed by atoms with Gasteiger partial charge < -0.3 is 0 Å². The smallest absolute Gasteiger partial charge is 0.266 e. The number of para-hydroxylation sites is 1. The maximum absolute atomic E-state index is 11.7. The maximum atomic E-state index is 11.7. The van der Waals surface area contributed by atoms with Gasteiger partial charge in [0.05, 0.1) is 5.36 Å². The standard InChI is InChI=1S/C13H13NOSi/c1-16(2,3)9-8-11-10-6-4-5-7-12(10)14-13(11)15/h4-7H,1-3H3. The van der Waals surface area contributed by atoms with Crippen molar-refractivity contribution in [1.82, 2.24) is 0 Å². The van der Waals surface area contributed by atoms with Crippen LogP contribution in [0, 0.1) is 11.5 Å². The summed E-state index contributed by atoms with van der Waals surface area (Å²) in [6, 6.07) is 7.53. The summed E-state index contributed by atoms with van der Waals surface area (Å²) in [6.45, 7) is 6.47. The number of fused-ring (bicyclic) bond motifs is 1. The lowest BCUT2D eigenvalue weighted by Crippen LogP contribution is -2.22. The van der Waals surface area contributed by atoms with E-state index in [9.17, 15) is 4.79 Å². The second kappa shape index (κ2) is 3.73. The third-order valence-corrected chi connectivity index (χ3v) is 3.05. The van der Waals surface area contributed by atoms with Crippen LogP contribution in [0.1, 0.15) is 0 Å². The molecule has 0 aromatic heterocycles. The molecule has 0 unspecified atom stereocenters. The van der Waals surface area contributed by atoms with E-state index in [-0.39, 0.29) is 5.91 Å². The molecule has 0 radical (unpaired) electrons. The average molecular weight is 227 g/mol. The van der Waals surface area contributed by atoms with E-state index >= 15 is 0 Å². The van der Waals surface area contributed by atoms with E-state index < -0.39 is 8.07 Å². The zero-order valence-corrected chi connectivity index (χ0v) is 10.7. The Morgan fingerprint density at radius 3 is 2.56 bits per heavy atom. The van der Waals surface area contributed by atoms with Crippen molar-refractivity contribution in [3.63, 3.8) is 0 Å². The van der Waals surface area contributed by atoms with Crippen LogP contribution in [0.3, 0.4) is 0 Å². The number of nitrogens with zero attached hydrogens (tertiary/aromatic N) is 1. The summed E-state index contributed by atoms with van der Waals surface area (Å²) in [6.07, 6.45) is 0. The van der Waals surface area contributed by atoms with Gasteiger partial charge in [0.25, 0.3) is 5.91 Å². The van der Waals surface area contributed by atoms with Gasteiger partial charge in [-0.05, 0) is 6.07 Å². The van der Waals surface area contributed by atoms with E-state index in [2.05, 4.69) is 36.1 Å². The van der Waals surface area contributed by atoms with Gasteiger partial charge in [0, 0.05) is 5.22 Å². The van der Waals surface area contributed by atoms with Crippen LogP contribution in [0.2, 0.25) is 19.6 Å². The fourth-order valence-electron chi connectivity index (χ4n) is 1.43. The zero-order chi connectivity index (χ0) is 11.8. The van der Waals surface area contributed by atoms with E-state index in [1.54, 1.807) is 0 Å². The maximum Gasteiger partial charge on any atom is 0.286 e. The number of carbonyl (C=O) groups excluding carboxylic acids is 1. The Labute approximate surface area is 95.7 Å². The molecule has 0 spiro atoms. The van der Waals surface area contributed by atoms with Crippen LogP contribution in [0.15, 0.2) is 29.3 Å². The van der Waals surface area contributed by atoms with Gasteiger partial charge in [0.1, 0.15) is 13.6 Å². The largest absolute Gasteiger partial charge is 0.286 e. The highest BCUT2D eigenvalue weighted by Crippen LogP contribution is 2.02. The number of hydrogen-bond acceptors (Lipinski definition) is 1. The topological polar surface area (TPSA) is 29.4 Å². The Morgan fingerprint density at radius 2 is 1.88 bits per heavy atom. The Balaban J connectivity index is 2.63. The molecular weight excluding hydrogens is 214 g/mol. The molecule has 1 aliphatic rings. The highest BCUT2D eigenvalue weighted by Gasteiger charge is 2.15. The van der Waals surface area contributed by atoms with Crippen molar-refractivity contribution < 1.29 is 4.79 Å². The first-order valence-corrected chi connectivity index (χ1v) is 8.73. The molecule has 1 heterocycles. The predicted octanol–water partition coefficient (Wildman–Crippen LogP) is 0.878. The first-order chi connectivity index (χ1) is 7.47. The molecule has 1 aromatic carbocycles. The van der Waals surface area contributed by atoms with Gasteiger partial charge in [-0.1, -0.05) is 43.8 Å². The molecule has 0 saturated heterocycles. The molecule has 2 rings (SSSR count). The minimum absolute atomic E-state index is 0.202. The fourth-order valence-corrected chi connectivity index (χ4v) is 1.93. The van der Waals surface area contributed by atoms with E-state index in [1.165, 1.54) is 0 Å². The number of carbonyl (C=O) groups is 1. The number of amides is 1. The van der Waals surface area contributed by atoms with E-state index in [0.717, 1.165) is 10.6 Å². The second-order valence-corrected chi connectivity index (χ2v) is 9.56. The van der Waals surface area contributed by atoms with Crippen LogP contribution in [-0.4, -0.2) is 14.0 Å². The molecule has 0 bridgehead atoms. The van der Waals surface area contributed by atoms with Gasteiger partial charge in [-0.15, -0.1) is 5.54 Å². The molecule has 0 fully saturated rings. The number of benzene rings is 1. The summed E-state index contributed by atoms with van der Waals surface area (Å²) in [5.41, 5.74) is 3.76. The van der Waals surface area contributed by atoms with Crippen LogP contribution in [-0.2, 0) is 4.79 Å². The summed E-state index contributed by atoms with van der Waals surface area (Å²) in [5.74, 6) is 2.81. The summed E-state index contributed by atoms with van der Waals surface area (Å²) >= 11 is 0. The van der Waals surface area contributed by atoms with Crippen molar-refractivity contribution in [2.75, 3.05) is 0 Å². The molecule has 1 amide bonds. The lowest BCUT2D eigenvalue weighted by Gasteiger charge is -2.02. The third kappa shape index (κ3) is 2.12. The van der Waals surface area contributed by atoms with Gasteiger partial charge in [-0.3, -0.25) is 4.79 Å². The zero-order valence-electron chi connectivity index (χ0n) is 9.66. The minimum Gasteiger partial charge on any atom is -0.266 e. The lowest BCUT2D eigenvalue weighted by atomic mass is 10.2. The third-order valence-electron chi connectivity index (χ3n) is 2.17. The highest BCUT2D eigenvalue weighted by atomic mass is 28.3. The summed E-state index contributed by atoms with van der Waals surface area (Å²) in [7, 11) is -1.45. The molecule has 80 valence electrons. The second-order valence-electron chi connectivity index (χ2n) is 4.81. The Kier molecular flexibility index (Phi) is 2.53. The van der Waals surface area contributed by atoms with Gasteiger partial charge in [-0.2, -0.15) is 0 Å². The average Bonchev–Trinajstić information content (AvgIpc) is 2.49. The number of hydrogen-bond donors (Lipinski definition) is 0. The lowest BCUT2D eigenvalue weighted by molar-refractivity contribution is -0.112. The molecule has 0 saturated carbocycles. The van der Waals surface area contributed by atoms with Crippen LogP contribution >= 0.6 is 0 Å². The van der Waals surface area contributed by atoms with E-state index in [1.807, 2.05) is 24.3 Å². The highest BCUT2D eigenvalue weighted by molar-refractivity contribution is 6.84. The molecule has 3 heteroatoms. The van der Waals surface area contributed by atoms with Crippen LogP contribution < -0.4 is 10.6 Å². The first-order valence-electron chi connectivity index (χ1n) is 5.23. The van der Waals surface area contributed by atoms with Gasteiger partial charge in [0.15, 0.2) is 0 Å². The predicted molar refractivity (Wildman–Crippen MR) is 66.8 cm³/mol. The van der Waals surface area contributed by atoms with Crippen molar-refractivity contribution >= 4 is 19.6 Å². The SMILES string of the molecule is C[Si](C)(C)C#CC1=c2ccccc2=NC1=O. The Hall–Kier alpha value is -1.66. The first kappa shape index (κ1) is 10.8. The van der Waals surface area contributed by atoms with Crippen LogP contribution in [0.5, 0.6) is 0 Å². The summed E-state index contributed by atoms with van der Waals surface area (Å²) in [5, 5.41) is 1.62. The quantitative estimate of drug-likeness (QED) is 0.478. The van der Waals surface area contributed by atoms with Crippen LogP contribution in [0.4, 0.5) is 0 Å². The van der Waals surface area contributed by atoms with Crippen molar-refractivity contribution in [2.24, 2.45) is 4.99 Å². The summed E-state index contributed by atoms with van der Waals surface area (Å²) < 4.78 is 0. The Morgan fingerprint density at radius 1 is 1.19 bits per heavy atom.